The lowest BCUT2D eigenvalue weighted by atomic mass is 10.1. The molecule has 0 spiro atoms. The van der Waals surface area contributed by atoms with Gasteiger partial charge in [-0.15, -0.1) is 0 Å². The predicted molar refractivity (Wildman–Crippen MR) is 81.9 cm³/mol. The third-order valence-electron chi connectivity index (χ3n) is 3.26. The molecule has 1 fully saturated rings. The number of benzene rings is 1. The molecule has 5 nitrogen and oxygen atoms in total. The van der Waals surface area contributed by atoms with Crippen molar-refractivity contribution in [1.29, 1.82) is 0 Å². The standard InChI is InChI=1S/C14H23N3O2S/c1-3-10-15-11(2)12-4-6-13(7-5-12)16-20(18,19)17-14-8-9-14/h4-7,11,14-17H,3,8-10H2,1-2H3. The zero-order chi connectivity index (χ0) is 14.6. The Kier molecular flexibility index (Phi) is 5.01. The van der Waals surface area contributed by atoms with E-state index in [4.69, 9.17) is 0 Å². The molecule has 0 heterocycles. The predicted octanol–water partition coefficient (Wildman–Crippen LogP) is 2.16. The van der Waals surface area contributed by atoms with Crippen molar-refractivity contribution in [1.82, 2.24) is 10.0 Å². The molecule has 1 saturated carbocycles. The molecular weight excluding hydrogens is 274 g/mol. The lowest BCUT2D eigenvalue weighted by Gasteiger charge is -2.14. The highest BCUT2D eigenvalue weighted by atomic mass is 32.2. The van der Waals surface area contributed by atoms with E-state index in [0.29, 0.717) is 5.69 Å². The van der Waals surface area contributed by atoms with Gasteiger partial charge in [0.05, 0.1) is 0 Å². The van der Waals surface area contributed by atoms with Crippen molar-refractivity contribution in [2.24, 2.45) is 0 Å². The molecule has 0 saturated heterocycles. The van der Waals surface area contributed by atoms with Crippen LogP contribution < -0.4 is 14.8 Å². The normalized spacial score (nSPS) is 16.9. The Balaban J connectivity index is 1.93. The van der Waals surface area contributed by atoms with Gasteiger partial charge in [0.1, 0.15) is 0 Å². The number of hydrogen-bond acceptors (Lipinski definition) is 3. The summed E-state index contributed by atoms with van der Waals surface area (Å²) in [5.74, 6) is 0. The molecule has 0 aliphatic heterocycles. The average Bonchev–Trinajstić information content (AvgIpc) is 3.19. The zero-order valence-electron chi connectivity index (χ0n) is 12.0. The van der Waals surface area contributed by atoms with Gasteiger partial charge in [-0.25, -0.2) is 0 Å². The monoisotopic (exact) mass is 297 g/mol. The second-order valence-corrected chi connectivity index (χ2v) is 6.74. The fraction of sp³-hybridized carbons (Fsp3) is 0.571. The van der Waals surface area contributed by atoms with Crippen LogP contribution in [0.25, 0.3) is 0 Å². The molecule has 112 valence electrons. The van der Waals surface area contributed by atoms with E-state index < -0.39 is 10.2 Å². The molecule has 1 unspecified atom stereocenters. The first-order valence-electron chi connectivity index (χ1n) is 7.13. The van der Waals surface area contributed by atoms with E-state index in [2.05, 4.69) is 28.6 Å². The largest absolute Gasteiger partial charge is 0.310 e. The third-order valence-corrected chi connectivity index (χ3v) is 4.41. The molecule has 20 heavy (non-hydrogen) atoms. The maximum atomic E-state index is 11.8. The van der Waals surface area contributed by atoms with Crippen molar-refractivity contribution in [2.75, 3.05) is 11.3 Å². The van der Waals surface area contributed by atoms with Gasteiger partial charge in [-0.05, 0) is 50.4 Å². The van der Waals surface area contributed by atoms with Crippen LogP contribution in [0.2, 0.25) is 0 Å². The maximum Gasteiger partial charge on any atom is 0.299 e. The van der Waals surface area contributed by atoms with Crippen molar-refractivity contribution < 1.29 is 8.42 Å². The van der Waals surface area contributed by atoms with Gasteiger partial charge in [-0.1, -0.05) is 19.1 Å². The van der Waals surface area contributed by atoms with E-state index in [1.165, 1.54) is 0 Å². The van der Waals surface area contributed by atoms with Crippen molar-refractivity contribution in [2.45, 2.75) is 45.2 Å². The van der Waals surface area contributed by atoms with Crippen LogP contribution in [0.15, 0.2) is 24.3 Å². The summed E-state index contributed by atoms with van der Waals surface area (Å²) in [4.78, 5) is 0. The quantitative estimate of drug-likeness (QED) is 0.688. The summed E-state index contributed by atoms with van der Waals surface area (Å²) < 4.78 is 28.7. The molecular formula is C14H23N3O2S. The van der Waals surface area contributed by atoms with Gasteiger partial charge < -0.3 is 5.32 Å². The Morgan fingerprint density at radius 2 is 1.90 bits per heavy atom. The average molecular weight is 297 g/mol. The highest BCUT2D eigenvalue weighted by Gasteiger charge is 2.26. The molecule has 2 rings (SSSR count). The van der Waals surface area contributed by atoms with Crippen LogP contribution in [-0.4, -0.2) is 21.0 Å². The molecule has 0 bridgehead atoms. The van der Waals surface area contributed by atoms with Gasteiger partial charge in [0.25, 0.3) is 10.2 Å². The first kappa shape index (κ1) is 15.3. The van der Waals surface area contributed by atoms with Crippen LogP contribution in [-0.2, 0) is 10.2 Å². The highest BCUT2D eigenvalue weighted by molar-refractivity contribution is 7.90. The van der Waals surface area contributed by atoms with Gasteiger partial charge in [0.15, 0.2) is 0 Å². The molecule has 1 aromatic carbocycles. The zero-order valence-corrected chi connectivity index (χ0v) is 12.8. The summed E-state index contributed by atoms with van der Waals surface area (Å²) in [6, 6.07) is 7.87. The minimum Gasteiger partial charge on any atom is -0.310 e. The molecule has 0 radical (unpaired) electrons. The minimum absolute atomic E-state index is 0.116. The Hall–Kier alpha value is -1.11. The molecule has 1 aliphatic carbocycles. The van der Waals surface area contributed by atoms with E-state index in [1.807, 2.05) is 12.1 Å². The second kappa shape index (κ2) is 6.56. The van der Waals surface area contributed by atoms with E-state index >= 15 is 0 Å². The van der Waals surface area contributed by atoms with Crippen LogP contribution in [0.1, 0.15) is 44.7 Å². The van der Waals surface area contributed by atoms with Crippen LogP contribution in [0, 0.1) is 0 Å². The number of nitrogens with one attached hydrogen (secondary N) is 3. The number of hydrogen-bond donors (Lipinski definition) is 3. The number of rotatable bonds is 8. The second-order valence-electron chi connectivity index (χ2n) is 5.30. The smallest absolute Gasteiger partial charge is 0.299 e. The summed E-state index contributed by atoms with van der Waals surface area (Å²) in [6.07, 6.45) is 2.95. The van der Waals surface area contributed by atoms with Gasteiger partial charge in [0, 0.05) is 17.8 Å². The van der Waals surface area contributed by atoms with Gasteiger partial charge >= 0.3 is 0 Å². The van der Waals surface area contributed by atoms with Crippen molar-refractivity contribution in [3.8, 4) is 0 Å². The maximum absolute atomic E-state index is 11.8. The van der Waals surface area contributed by atoms with E-state index in [9.17, 15) is 8.42 Å². The van der Waals surface area contributed by atoms with Crippen molar-refractivity contribution in [3.63, 3.8) is 0 Å². The summed E-state index contributed by atoms with van der Waals surface area (Å²) >= 11 is 0. The van der Waals surface area contributed by atoms with Gasteiger partial charge in [-0.3, -0.25) is 4.72 Å². The summed E-state index contributed by atoms with van der Waals surface area (Å²) in [5.41, 5.74) is 1.74. The minimum atomic E-state index is -3.43. The Morgan fingerprint density at radius 3 is 2.45 bits per heavy atom. The van der Waals surface area contributed by atoms with Gasteiger partial charge in [0.2, 0.25) is 0 Å². The fourth-order valence-electron chi connectivity index (χ4n) is 1.92. The Morgan fingerprint density at radius 1 is 1.25 bits per heavy atom. The lowest BCUT2D eigenvalue weighted by Crippen LogP contribution is -2.31. The Labute approximate surface area is 121 Å². The molecule has 0 aromatic heterocycles. The number of anilines is 1. The van der Waals surface area contributed by atoms with Crippen LogP contribution in [0.5, 0.6) is 0 Å². The van der Waals surface area contributed by atoms with Crippen molar-refractivity contribution in [3.05, 3.63) is 29.8 Å². The third kappa shape index (κ3) is 4.77. The highest BCUT2D eigenvalue weighted by Crippen LogP contribution is 2.21. The van der Waals surface area contributed by atoms with Gasteiger partial charge in [-0.2, -0.15) is 13.1 Å². The molecule has 3 N–H and O–H groups in total. The van der Waals surface area contributed by atoms with Crippen LogP contribution in [0.3, 0.4) is 0 Å². The molecule has 1 aliphatic rings. The SMILES string of the molecule is CCCNC(C)c1ccc(NS(=O)(=O)NC2CC2)cc1. The van der Waals surface area contributed by atoms with Crippen LogP contribution in [0.4, 0.5) is 5.69 Å². The lowest BCUT2D eigenvalue weighted by molar-refractivity contribution is 0.571. The van der Waals surface area contributed by atoms with E-state index in [-0.39, 0.29) is 12.1 Å². The first-order chi connectivity index (χ1) is 9.50. The molecule has 1 aromatic rings. The van der Waals surface area contributed by atoms with E-state index in [0.717, 1.165) is 31.4 Å². The molecule has 6 heteroatoms. The molecule has 1 atom stereocenters. The summed E-state index contributed by atoms with van der Waals surface area (Å²) in [6.45, 7) is 5.20. The summed E-state index contributed by atoms with van der Waals surface area (Å²) in [5, 5.41) is 3.40. The first-order valence-corrected chi connectivity index (χ1v) is 8.62. The summed E-state index contributed by atoms with van der Waals surface area (Å²) in [7, 11) is -3.43. The van der Waals surface area contributed by atoms with E-state index in [1.54, 1.807) is 12.1 Å². The fourth-order valence-corrected chi connectivity index (χ4v) is 3.10. The topological polar surface area (TPSA) is 70.2 Å². The van der Waals surface area contributed by atoms with Crippen molar-refractivity contribution >= 4 is 15.9 Å². The molecule has 0 amide bonds. The van der Waals surface area contributed by atoms with Crippen LogP contribution >= 0.6 is 0 Å². The Bertz CT molecular complexity index is 524.